The summed E-state index contributed by atoms with van der Waals surface area (Å²) in [6.45, 7) is 3.04. The van der Waals surface area contributed by atoms with Crippen molar-refractivity contribution in [2.24, 2.45) is 0 Å². The second-order valence-corrected chi connectivity index (χ2v) is 3.91. The normalized spacial score (nSPS) is 14.2. The molecule has 0 radical (unpaired) electrons. The minimum Gasteiger partial charge on any atom is -0.481 e. The summed E-state index contributed by atoms with van der Waals surface area (Å²) in [4.78, 5) is 14.8. The van der Waals surface area contributed by atoms with E-state index < -0.39 is 11.6 Å². The molecule has 0 saturated carbocycles. The van der Waals surface area contributed by atoms with E-state index in [1.807, 2.05) is 0 Å². The Kier molecular flexibility index (Phi) is 3.49. The maximum atomic E-state index is 10.8. The third-order valence-electron chi connectivity index (χ3n) is 2.21. The first kappa shape index (κ1) is 12.4. The largest absolute Gasteiger partial charge is 0.481 e. The molecular formula is C11H15NO4. The van der Waals surface area contributed by atoms with E-state index in [9.17, 15) is 9.90 Å². The predicted octanol–water partition coefficient (Wildman–Crippen LogP) is 0.777. The van der Waals surface area contributed by atoms with Crippen LogP contribution in [0.25, 0.3) is 0 Å². The average Bonchev–Trinajstić information content (AvgIpc) is 2.15. The third-order valence-corrected chi connectivity index (χ3v) is 2.21. The number of pyridine rings is 1. The molecule has 88 valence electrons. The Labute approximate surface area is 93.7 Å². The van der Waals surface area contributed by atoms with Crippen molar-refractivity contribution in [2.45, 2.75) is 25.9 Å². The number of carbonyl (C=O) groups is 1. The van der Waals surface area contributed by atoms with Crippen LogP contribution in [0, 0.1) is 6.92 Å². The Morgan fingerprint density at radius 1 is 1.56 bits per heavy atom. The Bertz CT molecular complexity index is 401. The van der Waals surface area contributed by atoms with Crippen LogP contribution in [0.1, 0.15) is 18.2 Å². The molecule has 5 heteroatoms. The molecular weight excluding hydrogens is 210 g/mol. The van der Waals surface area contributed by atoms with Crippen LogP contribution in [0.5, 0.6) is 5.88 Å². The summed E-state index contributed by atoms with van der Waals surface area (Å²) in [5.74, 6) is -0.836. The monoisotopic (exact) mass is 225 g/mol. The van der Waals surface area contributed by atoms with Gasteiger partial charge in [0, 0.05) is 18.2 Å². The highest BCUT2D eigenvalue weighted by Crippen LogP contribution is 2.18. The zero-order valence-corrected chi connectivity index (χ0v) is 9.52. The lowest BCUT2D eigenvalue weighted by atomic mass is 9.97. The number of hydrogen-bond acceptors (Lipinski definition) is 4. The standard InChI is InChI=1S/C11H15NO4/c1-7-4-8(5-9(12-7)16-3)6-11(2,15)10(13)14/h4-5,15H,6H2,1-3H3,(H,13,14). The number of hydrogen-bond donors (Lipinski definition) is 2. The van der Waals surface area contributed by atoms with E-state index in [-0.39, 0.29) is 6.42 Å². The lowest BCUT2D eigenvalue weighted by Gasteiger charge is -2.18. The van der Waals surface area contributed by atoms with Gasteiger partial charge in [0.1, 0.15) is 0 Å². The quantitative estimate of drug-likeness (QED) is 0.791. The van der Waals surface area contributed by atoms with Crippen LogP contribution in [-0.2, 0) is 11.2 Å². The summed E-state index contributed by atoms with van der Waals surface area (Å²) in [5.41, 5.74) is -0.383. The number of aliphatic carboxylic acids is 1. The fourth-order valence-corrected chi connectivity index (χ4v) is 1.39. The van der Waals surface area contributed by atoms with Crippen LogP contribution in [0.15, 0.2) is 12.1 Å². The molecule has 16 heavy (non-hydrogen) atoms. The molecule has 0 amide bonds. The first-order valence-corrected chi connectivity index (χ1v) is 4.82. The molecule has 0 saturated heterocycles. The lowest BCUT2D eigenvalue weighted by Crippen LogP contribution is -2.37. The van der Waals surface area contributed by atoms with Crippen LogP contribution in [0.3, 0.4) is 0 Å². The highest BCUT2D eigenvalue weighted by molar-refractivity contribution is 5.76. The van der Waals surface area contributed by atoms with Gasteiger partial charge in [-0.05, 0) is 25.5 Å². The zero-order valence-electron chi connectivity index (χ0n) is 9.52. The number of nitrogens with zero attached hydrogens (tertiary/aromatic N) is 1. The topological polar surface area (TPSA) is 79.7 Å². The molecule has 1 unspecified atom stereocenters. The fraction of sp³-hybridized carbons (Fsp3) is 0.455. The molecule has 2 N–H and O–H groups in total. The first-order chi connectivity index (χ1) is 7.35. The summed E-state index contributed by atoms with van der Waals surface area (Å²) < 4.78 is 4.97. The van der Waals surface area contributed by atoms with Gasteiger partial charge in [-0.1, -0.05) is 0 Å². The van der Waals surface area contributed by atoms with Crippen LogP contribution < -0.4 is 4.74 Å². The number of aromatic nitrogens is 1. The summed E-state index contributed by atoms with van der Waals surface area (Å²) in [6.07, 6.45) is 0.0159. The predicted molar refractivity (Wildman–Crippen MR) is 57.5 cm³/mol. The van der Waals surface area contributed by atoms with Gasteiger partial charge in [0.2, 0.25) is 5.88 Å². The number of ether oxygens (including phenoxy) is 1. The maximum absolute atomic E-state index is 10.8. The van der Waals surface area contributed by atoms with Crippen molar-refractivity contribution >= 4 is 5.97 Å². The molecule has 1 heterocycles. The van der Waals surface area contributed by atoms with Gasteiger partial charge >= 0.3 is 5.97 Å². The SMILES string of the molecule is COc1cc(CC(C)(O)C(=O)O)cc(C)n1. The summed E-state index contributed by atoms with van der Waals surface area (Å²) in [7, 11) is 1.49. The van der Waals surface area contributed by atoms with E-state index >= 15 is 0 Å². The van der Waals surface area contributed by atoms with Crippen molar-refractivity contribution in [3.8, 4) is 5.88 Å². The minimum absolute atomic E-state index is 0.0159. The van der Waals surface area contributed by atoms with E-state index in [2.05, 4.69) is 4.98 Å². The smallest absolute Gasteiger partial charge is 0.335 e. The van der Waals surface area contributed by atoms with Crippen LogP contribution >= 0.6 is 0 Å². The summed E-state index contributed by atoms with van der Waals surface area (Å²) in [6, 6.07) is 3.34. The number of carboxylic acid groups (broad SMARTS) is 1. The van der Waals surface area contributed by atoms with Gasteiger partial charge in [0.25, 0.3) is 0 Å². The van der Waals surface area contributed by atoms with Crippen LogP contribution in [0.2, 0.25) is 0 Å². The molecule has 0 fully saturated rings. The van der Waals surface area contributed by atoms with Crippen molar-refractivity contribution in [1.29, 1.82) is 0 Å². The lowest BCUT2D eigenvalue weighted by molar-refractivity contribution is -0.156. The number of aliphatic hydroxyl groups is 1. The van der Waals surface area contributed by atoms with E-state index in [0.29, 0.717) is 11.4 Å². The maximum Gasteiger partial charge on any atom is 0.335 e. The number of methoxy groups -OCH3 is 1. The van der Waals surface area contributed by atoms with Crippen LogP contribution in [-0.4, -0.2) is 33.9 Å². The molecule has 0 aliphatic carbocycles. The van der Waals surface area contributed by atoms with Crippen molar-refractivity contribution in [3.05, 3.63) is 23.4 Å². The van der Waals surface area contributed by atoms with Crippen LogP contribution in [0.4, 0.5) is 0 Å². The Morgan fingerprint density at radius 3 is 2.69 bits per heavy atom. The number of carboxylic acids is 1. The fourth-order valence-electron chi connectivity index (χ4n) is 1.39. The molecule has 1 aromatic heterocycles. The molecule has 5 nitrogen and oxygen atoms in total. The van der Waals surface area contributed by atoms with Crippen molar-refractivity contribution in [3.63, 3.8) is 0 Å². The van der Waals surface area contributed by atoms with Gasteiger partial charge in [-0.2, -0.15) is 0 Å². The van der Waals surface area contributed by atoms with Gasteiger partial charge in [-0.25, -0.2) is 9.78 Å². The van der Waals surface area contributed by atoms with Gasteiger partial charge in [-0.15, -0.1) is 0 Å². The zero-order chi connectivity index (χ0) is 12.3. The molecule has 0 bridgehead atoms. The third kappa shape index (κ3) is 2.93. The molecule has 1 atom stereocenters. The second kappa shape index (κ2) is 4.49. The summed E-state index contributed by atoms with van der Waals surface area (Å²) >= 11 is 0. The van der Waals surface area contributed by atoms with Crippen molar-refractivity contribution in [2.75, 3.05) is 7.11 Å². The summed E-state index contributed by atoms with van der Waals surface area (Å²) in [5, 5.41) is 18.4. The number of rotatable bonds is 4. The highest BCUT2D eigenvalue weighted by Gasteiger charge is 2.30. The number of aryl methyl sites for hydroxylation is 1. The molecule has 1 aromatic rings. The Hall–Kier alpha value is -1.62. The van der Waals surface area contributed by atoms with Gasteiger partial charge < -0.3 is 14.9 Å². The van der Waals surface area contributed by atoms with E-state index in [4.69, 9.17) is 9.84 Å². The second-order valence-electron chi connectivity index (χ2n) is 3.91. The Morgan fingerprint density at radius 2 is 2.19 bits per heavy atom. The van der Waals surface area contributed by atoms with E-state index in [1.165, 1.54) is 14.0 Å². The van der Waals surface area contributed by atoms with Gasteiger partial charge in [0.15, 0.2) is 5.60 Å². The molecule has 0 aliphatic rings. The van der Waals surface area contributed by atoms with Gasteiger partial charge in [0.05, 0.1) is 7.11 Å². The first-order valence-electron chi connectivity index (χ1n) is 4.82. The molecule has 1 rings (SSSR count). The average molecular weight is 225 g/mol. The minimum atomic E-state index is -1.78. The molecule has 0 spiro atoms. The van der Waals surface area contributed by atoms with Gasteiger partial charge in [-0.3, -0.25) is 0 Å². The van der Waals surface area contributed by atoms with E-state index in [0.717, 1.165) is 5.69 Å². The molecule has 0 aromatic carbocycles. The van der Waals surface area contributed by atoms with E-state index in [1.54, 1.807) is 19.1 Å². The highest BCUT2D eigenvalue weighted by atomic mass is 16.5. The Balaban J connectivity index is 2.97. The molecule has 0 aliphatic heterocycles. The van der Waals surface area contributed by atoms with Crippen molar-refractivity contribution < 1.29 is 19.7 Å². The van der Waals surface area contributed by atoms with Crippen molar-refractivity contribution in [1.82, 2.24) is 4.98 Å².